The fraction of sp³-hybridized carbons (Fsp3) is 0.368. The van der Waals surface area contributed by atoms with Gasteiger partial charge in [-0.15, -0.1) is 0 Å². The summed E-state index contributed by atoms with van der Waals surface area (Å²) in [6.45, 7) is -0.322. The molecule has 2 aromatic carbocycles. The van der Waals surface area contributed by atoms with E-state index in [-0.39, 0.29) is 17.9 Å². The number of sulfone groups is 1. The third-order valence-electron chi connectivity index (χ3n) is 4.59. The molecule has 1 aliphatic rings. The molecule has 26 heavy (non-hydrogen) atoms. The maximum Gasteiger partial charge on any atom is 0.175 e. The molecule has 2 aromatic rings. The molecular weight excluding hydrogens is 356 g/mol. The van der Waals surface area contributed by atoms with E-state index < -0.39 is 34.3 Å². The predicted octanol–water partition coefficient (Wildman–Crippen LogP) is 1.30. The highest BCUT2D eigenvalue weighted by Crippen LogP contribution is 2.34. The van der Waals surface area contributed by atoms with Crippen LogP contribution in [0.2, 0.25) is 0 Å². The van der Waals surface area contributed by atoms with E-state index in [0.717, 1.165) is 22.9 Å². The van der Waals surface area contributed by atoms with Gasteiger partial charge in [0.1, 0.15) is 12.2 Å². The first-order valence-electron chi connectivity index (χ1n) is 8.32. The molecule has 6 nitrogen and oxygen atoms in total. The van der Waals surface area contributed by atoms with Crippen LogP contribution in [0.15, 0.2) is 53.4 Å². The largest absolute Gasteiger partial charge is 0.394 e. The van der Waals surface area contributed by atoms with Gasteiger partial charge in [0.25, 0.3) is 0 Å². The molecule has 1 aliphatic heterocycles. The molecule has 3 rings (SSSR count). The number of aliphatic hydroxyl groups excluding tert-OH is 3. The second kappa shape index (κ2) is 7.46. The Hall–Kier alpha value is -1.77. The lowest BCUT2D eigenvalue weighted by Crippen LogP contribution is -2.44. The van der Waals surface area contributed by atoms with Crippen molar-refractivity contribution >= 4 is 9.84 Å². The van der Waals surface area contributed by atoms with Gasteiger partial charge in [-0.25, -0.2) is 8.42 Å². The molecule has 0 spiro atoms. The van der Waals surface area contributed by atoms with Crippen molar-refractivity contribution in [2.45, 2.75) is 35.7 Å². The van der Waals surface area contributed by atoms with Crippen LogP contribution in [0.5, 0.6) is 0 Å². The van der Waals surface area contributed by atoms with E-state index >= 15 is 0 Å². The lowest BCUT2D eigenvalue weighted by Gasteiger charge is -2.36. The van der Waals surface area contributed by atoms with Crippen LogP contribution in [0.4, 0.5) is 0 Å². The number of rotatable bonds is 4. The molecule has 1 heterocycles. The third-order valence-corrected chi connectivity index (χ3v) is 5.72. The number of benzene rings is 2. The monoisotopic (exact) mass is 378 g/mol. The van der Waals surface area contributed by atoms with Crippen molar-refractivity contribution in [1.82, 2.24) is 0 Å². The van der Waals surface area contributed by atoms with Crippen molar-refractivity contribution in [2.75, 3.05) is 12.9 Å². The Balaban J connectivity index is 1.88. The summed E-state index contributed by atoms with van der Waals surface area (Å²) in [6, 6.07) is 13.9. The summed E-state index contributed by atoms with van der Waals surface area (Å²) < 4.78 is 28.8. The molecule has 0 bridgehead atoms. The van der Waals surface area contributed by atoms with Gasteiger partial charge in [-0.1, -0.05) is 30.3 Å². The Kier molecular flexibility index (Phi) is 5.45. The van der Waals surface area contributed by atoms with Crippen LogP contribution < -0.4 is 0 Å². The number of ether oxygens (including phenoxy) is 1. The van der Waals surface area contributed by atoms with Crippen molar-refractivity contribution < 1.29 is 28.5 Å². The van der Waals surface area contributed by atoms with Crippen LogP contribution in [0, 0.1) is 0 Å². The predicted molar refractivity (Wildman–Crippen MR) is 96.3 cm³/mol. The Morgan fingerprint density at radius 3 is 2.35 bits per heavy atom. The molecule has 0 aliphatic carbocycles. The Labute approximate surface area is 152 Å². The molecule has 0 amide bonds. The molecular formula is C19H22O6S. The smallest absolute Gasteiger partial charge is 0.175 e. The minimum Gasteiger partial charge on any atom is -0.394 e. The molecule has 0 aromatic heterocycles. The standard InChI is InChI=1S/C19H22O6S/c1-26(23,24)15-7-5-12(6-8-15)13-3-2-4-14(9-13)19-17(22)10-16(21)18(11-20)25-19/h2-9,16-22H,10-11H2,1H3/t16-,17-,18+,19+/m0/s1. The van der Waals surface area contributed by atoms with E-state index in [1.807, 2.05) is 24.3 Å². The quantitative estimate of drug-likeness (QED) is 0.741. The highest BCUT2D eigenvalue weighted by atomic mass is 32.2. The minimum atomic E-state index is -3.25. The molecule has 4 atom stereocenters. The molecule has 3 N–H and O–H groups in total. The van der Waals surface area contributed by atoms with Crippen LogP contribution in [-0.4, -0.2) is 54.9 Å². The molecule has 0 saturated carbocycles. The summed E-state index contributed by atoms with van der Waals surface area (Å²) in [6.07, 6.45) is -1.87. The molecule has 0 unspecified atom stereocenters. The van der Waals surface area contributed by atoms with Crippen molar-refractivity contribution in [1.29, 1.82) is 0 Å². The number of aliphatic hydroxyl groups is 3. The van der Waals surface area contributed by atoms with Gasteiger partial charge >= 0.3 is 0 Å². The van der Waals surface area contributed by atoms with E-state index in [2.05, 4.69) is 0 Å². The summed E-state index contributed by atoms with van der Waals surface area (Å²) in [7, 11) is -3.25. The number of hydrogen-bond donors (Lipinski definition) is 3. The summed E-state index contributed by atoms with van der Waals surface area (Å²) in [5, 5.41) is 29.4. The van der Waals surface area contributed by atoms with E-state index in [9.17, 15) is 23.7 Å². The summed E-state index contributed by atoms with van der Waals surface area (Å²) in [5.74, 6) is 0. The van der Waals surface area contributed by atoms with Gasteiger partial charge in [-0.2, -0.15) is 0 Å². The van der Waals surface area contributed by atoms with Crippen LogP contribution in [0.1, 0.15) is 18.1 Å². The molecule has 1 saturated heterocycles. The lowest BCUT2D eigenvalue weighted by atomic mass is 9.92. The Morgan fingerprint density at radius 1 is 1.04 bits per heavy atom. The first kappa shape index (κ1) is 19.0. The summed E-state index contributed by atoms with van der Waals surface area (Å²) in [4.78, 5) is 0.253. The minimum absolute atomic E-state index is 0.128. The van der Waals surface area contributed by atoms with Gasteiger partial charge in [-0.3, -0.25) is 0 Å². The van der Waals surface area contributed by atoms with Crippen molar-refractivity contribution in [3.63, 3.8) is 0 Å². The van der Waals surface area contributed by atoms with Crippen LogP contribution >= 0.6 is 0 Å². The van der Waals surface area contributed by atoms with Crippen LogP contribution in [0.25, 0.3) is 11.1 Å². The zero-order valence-corrected chi connectivity index (χ0v) is 15.1. The average molecular weight is 378 g/mol. The Morgan fingerprint density at radius 2 is 1.73 bits per heavy atom. The normalized spacial score (nSPS) is 26.6. The first-order chi connectivity index (χ1) is 12.3. The first-order valence-corrected chi connectivity index (χ1v) is 10.2. The maximum absolute atomic E-state index is 11.6. The van der Waals surface area contributed by atoms with Gasteiger partial charge in [0.2, 0.25) is 0 Å². The van der Waals surface area contributed by atoms with Gasteiger partial charge in [0.15, 0.2) is 9.84 Å². The molecule has 7 heteroatoms. The second-order valence-corrected chi connectivity index (χ2v) is 8.59. The van der Waals surface area contributed by atoms with Gasteiger partial charge in [-0.05, 0) is 34.9 Å². The van der Waals surface area contributed by atoms with Gasteiger partial charge in [0, 0.05) is 12.7 Å². The zero-order valence-electron chi connectivity index (χ0n) is 14.3. The van der Waals surface area contributed by atoms with E-state index in [1.165, 1.54) is 0 Å². The maximum atomic E-state index is 11.6. The van der Waals surface area contributed by atoms with E-state index in [1.54, 1.807) is 24.3 Å². The average Bonchev–Trinajstić information content (AvgIpc) is 2.61. The fourth-order valence-electron chi connectivity index (χ4n) is 3.15. The summed E-state index contributed by atoms with van der Waals surface area (Å²) >= 11 is 0. The zero-order chi connectivity index (χ0) is 18.9. The summed E-state index contributed by atoms with van der Waals surface area (Å²) in [5.41, 5.74) is 2.42. The molecule has 140 valence electrons. The van der Waals surface area contributed by atoms with E-state index in [4.69, 9.17) is 4.74 Å². The molecule has 1 fully saturated rings. The van der Waals surface area contributed by atoms with Crippen LogP contribution in [0.3, 0.4) is 0 Å². The van der Waals surface area contributed by atoms with Crippen LogP contribution in [-0.2, 0) is 14.6 Å². The van der Waals surface area contributed by atoms with Crippen molar-refractivity contribution in [3.8, 4) is 11.1 Å². The highest BCUT2D eigenvalue weighted by Gasteiger charge is 2.36. The Bertz CT molecular complexity index is 862. The third kappa shape index (κ3) is 3.97. The van der Waals surface area contributed by atoms with Gasteiger partial charge in [0.05, 0.1) is 23.7 Å². The topological polar surface area (TPSA) is 104 Å². The van der Waals surface area contributed by atoms with Gasteiger partial charge < -0.3 is 20.1 Å². The second-order valence-electron chi connectivity index (χ2n) is 6.57. The SMILES string of the molecule is CS(=O)(=O)c1ccc(-c2cccc([C@H]3O[C@H](CO)[C@@H](O)C[C@@H]3O)c2)cc1. The molecule has 0 radical (unpaired) electrons. The van der Waals surface area contributed by atoms with E-state index in [0.29, 0.717) is 0 Å². The van der Waals surface area contributed by atoms with Crippen molar-refractivity contribution in [3.05, 3.63) is 54.1 Å². The lowest BCUT2D eigenvalue weighted by molar-refractivity contribution is -0.181. The number of hydrogen-bond acceptors (Lipinski definition) is 6. The fourth-order valence-corrected chi connectivity index (χ4v) is 3.78. The highest BCUT2D eigenvalue weighted by molar-refractivity contribution is 7.90. The van der Waals surface area contributed by atoms with Crippen molar-refractivity contribution in [2.24, 2.45) is 0 Å².